The van der Waals surface area contributed by atoms with Gasteiger partial charge in [-0.1, -0.05) is 59.2 Å². The van der Waals surface area contributed by atoms with E-state index < -0.39 is 0 Å². The van der Waals surface area contributed by atoms with Gasteiger partial charge in [0, 0.05) is 21.3 Å². The molecule has 0 unspecified atom stereocenters. The van der Waals surface area contributed by atoms with E-state index in [4.69, 9.17) is 10.2 Å². The molecular weight excluding hydrogens is 393 g/mol. The summed E-state index contributed by atoms with van der Waals surface area (Å²) >= 11 is 10.7. The molecule has 0 spiro atoms. The van der Waals surface area contributed by atoms with Crippen molar-refractivity contribution in [3.05, 3.63) is 41.2 Å². The van der Waals surface area contributed by atoms with Crippen LogP contribution in [0.15, 0.2) is 51.0 Å². The van der Waals surface area contributed by atoms with Crippen molar-refractivity contribution in [2.75, 3.05) is 24.7 Å². The third kappa shape index (κ3) is 4.22. The van der Waals surface area contributed by atoms with Gasteiger partial charge in [0.05, 0.1) is 30.2 Å². The Balaban J connectivity index is 1.74. The van der Waals surface area contributed by atoms with Crippen molar-refractivity contribution >= 4 is 70.6 Å². The van der Waals surface area contributed by atoms with Gasteiger partial charge in [0.25, 0.3) is 0 Å². The first-order valence-corrected chi connectivity index (χ1v) is 11.8. The molecule has 2 aliphatic heterocycles. The molecule has 0 radical (unpaired) electrons. The fourth-order valence-electron chi connectivity index (χ4n) is 1.73. The van der Waals surface area contributed by atoms with Gasteiger partial charge in [0.1, 0.15) is 0 Å². The number of benzene rings is 1. The largest absolute Gasteiger partial charge is 0.396 e. The summed E-state index contributed by atoms with van der Waals surface area (Å²) in [5.41, 5.74) is 0. The Hall–Kier alpha value is 0.720. The third-order valence-corrected chi connectivity index (χ3v) is 11.2. The zero-order chi connectivity index (χ0) is 15.4. The molecule has 3 rings (SSSR count). The average molecular weight is 407 g/mol. The van der Waals surface area contributed by atoms with E-state index in [0.717, 1.165) is 11.5 Å². The smallest absolute Gasteiger partial charge is 0.0717 e. The Bertz CT molecular complexity index is 564. The predicted molar refractivity (Wildman–Crippen MR) is 106 cm³/mol. The minimum atomic E-state index is 0.193. The summed E-state index contributed by atoms with van der Waals surface area (Å²) in [4.78, 5) is 2.66. The van der Waals surface area contributed by atoms with Crippen LogP contribution in [0.5, 0.6) is 0 Å². The summed E-state index contributed by atoms with van der Waals surface area (Å²) in [6, 6.07) is 8.50. The van der Waals surface area contributed by atoms with Crippen molar-refractivity contribution in [1.82, 2.24) is 0 Å². The maximum Gasteiger partial charge on any atom is 0.0717 e. The molecular formula is C14H14O2S6. The van der Waals surface area contributed by atoms with Crippen molar-refractivity contribution in [1.29, 1.82) is 0 Å². The van der Waals surface area contributed by atoms with Crippen LogP contribution in [-0.4, -0.2) is 34.9 Å². The summed E-state index contributed by atoms with van der Waals surface area (Å²) in [5.74, 6) is 1.43. The van der Waals surface area contributed by atoms with E-state index in [1.54, 1.807) is 47.0 Å². The van der Waals surface area contributed by atoms with Crippen LogP contribution < -0.4 is 0 Å². The second-order valence-corrected chi connectivity index (χ2v) is 11.5. The second-order valence-electron chi connectivity index (χ2n) is 4.15. The van der Waals surface area contributed by atoms with Gasteiger partial charge < -0.3 is 10.2 Å². The number of rotatable bonds is 6. The first-order chi connectivity index (χ1) is 10.8. The van der Waals surface area contributed by atoms with E-state index in [-0.39, 0.29) is 13.2 Å². The fourth-order valence-corrected chi connectivity index (χ4v) is 10.0. The molecule has 22 heavy (non-hydrogen) atoms. The van der Waals surface area contributed by atoms with E-state index in [9.17, 15) is 0 Å². The lowest BCUT2D eigenvalue weighted by Gasteiger charge is -2.02. The molecule has 0 aromatic heterocycles. The molecule has 8 heteroatoms. The summed E-state index contributed by atoms with van der Waals surface area (Å²) in [5, 5.41) is 18.1. The Kier molecular flexibility index (Phi) is 6.94. The summed E-state index contributed by atoms with van der Waals surface area (Å²) in [6.07, 6.45) is 0. The van der Waals surface area contributed by atoms with E-state index in [1.807, 2.05) is 23.5 Å². The molecule has 0 aliphatic carbocycles. The van der Waals surface area contributed by atoms with E-state index in [1.165, 1.54) is 26.7 Å². The van der Waals surface area contributed by atoms with Gasteiger partial charge in [-0.2, -0.15) is 0 Å². The number of hydrogen-bond acceptors (Lipinski definition) is 8. The Morgan fingerprint density at radius 2 is 1.18 bits per heavy atom. The lowest BCUT2D eigenvalue weighted by atomic mass is 10.4. The summed E-state index contributed by atoms with van der Waals surface area (Å²) < 4.78 is 5.19. The fraction of sp³-hybridized carbons (Fsp3) is 0.286. The van der Waals surface area contributed by atoms with Crippen LogP contribution in [0.25, 0.3) is 0 Å². The molecule has 2 aliphatic rings. The molecule has 2 nitrogen and oxygen atoms in total. The first kappa shape index (κ1) is 17.5. The second kappa shape index (κ2) is 8.71. The van der Waals surface area contributed by atoms with Gasteiger partial charge in [-0.05, 0) is 12.1 Å². The maximum absolute atomic E-state index is 9.06. The molecule has 0 bridgehead atoms. The van der Waals surface area contributed by atoms with Gasteiger partial charge in [-0.3, -0.25) is 0 Å². The van der Waals surface area contributed by atoms with Crippen molar-refractivity contribution in [2.24, 2.45) is 0 Å². The highest BCUT2D eigenvalue weighted by Gasteiger charge is 2.28. The molecule has 0 amide bonds. The topological polar surface area (TPSA) is 40.5 Å². The standard InChI is InChI=1S/C14H14O2S6/c15-5-7-17-11-12(18-8-6-16)22-14(21-11)13-19-9-3-1-2-4-10(9)20-13/h1-4,15-16H,5-8H2. The summed E-state index contributed by atoms with van der Waals surface area (Å²) in [6.45, 7) is 0.385. The molecule has 0 fully saturated rings. The lowest BCUT2D eigenvalue weighted by Crippen LogP contribution is -1.87. The highest BCUT2D eigenvalue weighted by atomic mass is 32.3. The average Bonchev–Trinajstić information content (AvgIpc) is 3.14. The van der Waals surface area contributed by atoms with Crippen molar-refractivity contribution < 1.29 is 10.2 Å². The van der Waals surface area contributed by atoms with Crippen LogP contribution in [0.4, 0.5) is 0 Å². The molecule has 1 aromatic rings. The Morgan fingerprint density at radius 1 is 0.727 bits per heavy atom. The van der Waals surface area contributed by atoms with Gasteiger partial charge in [-0.25, -0.2) is 0 Å². The minimum Gasteiger partial charge on any atom is -0.396 e. The van der Waals surface area contributed by atoms with Crippen LogP contribution in [0, 0.1) is 0 Å². The number of aliphatic hydroxyl groups is 2. The van der Waals surface area contributed by atoms with Crippen LogP contribution in [0.2, 0.25) is 0 Å². The molecule has 2 heterocycles. The highest BCUT2D eigenvalue weighted by molar-refractivity contribution is 8.42. The van der Waals surface area contributed by atoms with Gasteiger partial charge in [0.2, 0.25) is 0 Å². The number of hydrogen-bond donors (Lipinski definition) is 2. The zero-order valence-corrected chi connectivity index (χ0v) is 16.4. The van der Waals surface area contributed by atoms with Crippen LogP contribution in [0.3, 0.4) is 0 Å². The van der Waals surface area contributed by atoms with E-state index in [0.29, 0.717) is 0 Å². The van der Waals surface area contributed by atoms with E-state index >= 15 is 0 Å². The summed E-state index contributed by atoms with van der Waals surface area (Å²) in [7, 11) is 0. The first-order valence-electron chi connectivity index (χ1n) is 6.58. The minimum absolute atomic E-state index is 0.193. The highest BCUT2D eigenvalue weighted by Crippen LogP contribution is 2.63. The van der Waals surface area contributed by atoms with Crippen LogP contribution >= 0.6 is 70.6 Å². The SMILES string of the molecule is OCCSC1=C(SCCO)SC(=C2Sc3ccccc3S2)S1. The van der Waals surface area contributed by atoms with E-state index in [2.05, 4.69) is 24.3 Å². The molecule has 118 valence electrons. The van der Waals surface area contributed by atoms with Crippen LogP contribution in [-0.2, 0) is 0 Å². The van der Waals surface area contributed by atoms with Crippen LogP contribution in [0.1, 0.15) is 0 Å². The van der Waals surface area contributed by atoms with Gasteiger partial charge >= 0.3 is 0 Å². The number of thioether (sulfide) groups is 6. The van der Waals surface area contributed by atoms with Gasteiger partial charge in [-0.15, -0.1) is 23.5 Å². The maximum atomic E-state index is 9.06. The lowest BCUT2D eigenvalue weighted by molar-refractivity contribution is 0.322. The Labute approximate surface area is 155 Å². The normalized spacial score (nSPS) is 17.5. The molecule has 1 aromatic carbocycles. The number of aliphatic hydroxyl groups excluding tert-OH is 2. The monoisotopic (exact) mass is 406 g/mol. The molecule has 0 saturated carbocycles. The molecule has 2 N–H and O–H groups in total. The quantitative estimate of drug-likeness (QED) is 0.679. The zero-order valence-electron chi connectivity index (χ0n) is 11.5. The number of fused-ring (bicyclic) bond motifs is 1. The van der Waals surface area contributed by atoms with Crippen molar-refractivity contribution in [3.63, 3.8) is 0 Å². The molecule has 0 saturated heterocycles. The Morgan fingerprint density at radius 3 is 1.64 bits per heavy atom. The predicted octanol–water partition coefficient (Wildman–Crippen LogP) is 5.07. The third-order valence-electron chi connectivity index (χ3n) is 2.61. The van der Waals surface area contributed by atoms with Gasteiger partial charge in [0.15, 0.2) is 0 Å². The molecule has 0 atom stereocenters. The van der Waals surface area contributed by atoms with Crippen molar-refractivity contribution in [3.8, 4) is 0 Å². The van der Waals surface area contributed by atoms with Crippen molar-refractivity contribution in [2.45, 2.75) is 9.79 Å².